The van der Waals surface area contributed by atoms with Gasteiger partial charge in [-0.1, -0.05) is 0 Å². The molecule has 0 aliphatic heterocycles. The molecule has 0 spiro atoms. The lowest BCUT2D eigenvalue weighted by Crippen LogP contribution is -2.06. The first-order chi connectivity index (χ1) is 8.99. The highest BCUT2D eigenvalue weighted by molar-refractivity contribution is 9.10. The predicted molar refractivity (Wildman–Crippen MR) is 63.0 cm³/mol. The highest BCUT2D eigenvalue weighted by atomic mass is 79.9. The predicted octanol–water partition coefficient (Wildman–Crippen LogP) is 3.00. The molecule has 0 saturated carbocycles. The fourth-order valence-electron chi connectivity index (χ4n) is 1.02. The van der Waals surface area contributed by atoms with Crippen LogP contribution in [0.2, 0.25) is 0 Å². The van der Waals surface area contributed by atoms with Gasteiger partial charge in [0.1, 0.15) is 18.0 Å². The molecule has 0 saturated heterocycles. The summed E-state index contributed by atoms with van der Waals surface area (Å²) in [6.07, 6.45) is 0. The standard InChI is InChI=1S/C10H4BrF3N4O/c11-8-6(12)1-2-7(9(8)19-10(13)14)18-17-5(3-15)4-16/h1-2,10,18H. The van der Waals surface area contributed by atoms with Crippen molar-refractivity contribution in [1.29, 1.82) is 10.5 Å². The summed E-state index contributed by atoms with van der Waals surface area (Å²) in [5.41, 5.74) is 1.52. The third kappa shape index (κ3) is 3.86. The van der Waals surface area contributed by atoms with Gasteiger partial charge in [0.05, 0.1) is 10.2 Å². The molecule has 0 radical (unpaired) electrons. The molecule has 9 heteroatoms. The first-order valence-electron chi connectivity index (χ1n) is 4.56. The molecule has 0 bridgehead atoms. The van der Waals surface area contributed by atoms with Crippen molar-refractivity contribution < 1.29 is 17.9 Å². The van der Waals surface area contributed by atoms with E-state index in [1.54, 1.807) is 0 Å². The second-order valence-corrected chi connectivity index (χ2v) is 3.71. The van der Waals surface area contributed by atoms with Crippen molar-refractivity contribution in [1.82, 2.24) is 0 Å². The van der Waals surface area contributed by atoms with Gasteiger partial charge in [-0.2, -0.15) is 24.4 Å². The number of anilines is 1. The van der Waals surface area contributed by atoms with Gasteiger partial charge in [-0.3, -0.25) is 5.43 Å². The summed E-state index contributed by atoms with van der Waals surface area (Å²) in [6.45, 7) is -3.17. The smallest absolute Gasteiger partial charge is 0.387 e. The molecule has 0 aliphatic carbocycles. The van der Waals surface area contributed by atoms with Crippen molar-refractivity contribution in [2.24, 2.45) is 5.10 Å². The van der Waals surface area contributed by atoms with Crippen molar-refractivity contribution in [3.8, 4) is 17.9 Å². The Morgan fingerprint density at radius 1 is 1.37 bits per heavy atom. The van der Waals surface area contributed by atoms with Crippen LogP contribution in [0.25, 0.3) is 0 Å². The van der Waals surface area contributed by atoms with Crippen molar-refractivity contribution in [2.75, 3.05) is 5.43 Å². The zero-order valence-corrected chi connectivity index (χ0v) is 10.6. The molecule has 1 aromatic rings. The van der Waals surface area contributed by atoms with Crippen molar-refractivity contribution in [3.63, 3.8) is 0 Å². The van der Waals surface area contributed by atoms with Gasteiger partial charge in [0.25, 0.3) is 0 Å². The molecule has 98 valence electrons. The van der Waals surface area contributed by atoms with Gasteiger partial charge in [-0.15, -0.1) is 0 Å². The van der Waals surface area contributed by atoms with Crippen LogP contribution in [-0.4, -0.2) is 12.3 Å². The van der Waals surface area contributed by atoms with Crippen LogP contribution in [-0.2, 0) is 0 Å². The second-order valence-electron chi connectivity index (χ2n) is 2.91. The number of hydrogen-bond acceptors (Lipinski definition) is 5. The number of nitrogens with zero attached hydrogens (tertiary/aromatic N) is 3. The molecule has 1 rings (SSSR count). The third-order valence-corrected chi connectivity index (χ3v) is 2.50. The van der Waals surface area contributed by atoms with Gasteiger partial charge < -0.3 is 4.74 Å². The maximum atomic E-state index is 13.2. The van der Waals surface area contributed by atoms with E-state index in [9.17, 15) is 13.2 Å². The number of halogens is 4. The number of hydrogen-bond donors (Lipinski definition) is 1. The summed E-state index contributed by atoms with van der Waals surface area (Å²) in [5, 5.41) is 20.3. The van der Waals surface area contributed by atoms with Crippen LogP contribution in [0.5, 0.6) is 5.75 Å². The Labute approximate surface area is 114 Å². The van der Waals surface area contributed by atoms with E-state index in [0.29, 0.717) is 0 Å². The Balaban J connectivity index is 3.15. The van der Waals surface area contributed by atoms with Crippen LogP contribution >= 0.6 is 15.9 Å². The van der Waals surface area contributed by atoms with Crippen LogP contribution in [0.15, 0.2) is 21.7 Å². The lowest BCUT2D eigenvalue weighted by atomic mass is 10.3. The van der Waals surface area contributed by atoms with Crippen LogP contribution in [0.4, 0.5) is 18.9 Å². The van der Waals surface area contributed by atoms with Crippen LogP contribution in [0.3, 0.4) is 0 Å². The summed E-state index contributed by atoms with van der Waals surface area (Å²) in [4.78, 5) is 0. The van der Waals surface area contributed by atoms with E-state index in [1.165, 1.54) is 12.1 Å². The van der Waals surface area contributed by atoms with Crippen molar-refractivity contribution >= 4 is 27.3 Å². The Kier molecular flexibility index (Phi) is 5.15. The molecule has 0 amide bonds. The first-order valence-corrected chi connectivity index (χ1v) is 5.35. The van der Waals surface area contributed by atoms with Crippen molar-refractivity contribution in [3.05, 3.63) is 22.4 Å². The quantitative estimate of drug-likeness (QED) is 0.678. The Morgan fingerprint density at radius 3 is 2.53 bits per heavy atom. The maximum Gasteiger partial charge on any atom is 0.387 e. The maximum absolute atomic E-state index is 13.2. The summed E-state index contributed by atoms with van der Waals surface area (Å²) in [7, 11) is 0. The zero-order valence-electron chi connectivity index (χ0n) is 8.99. The average molecular weight is 333 g/mol. The highest BCUT2D eigenvalue weighted by Crippen LogP contribution is 2.36. The van der Waals surface area contributed by atoms with Gasteiger partial charge in [-0.05, 0) is 28.1 Å². The number of nitrogens with one attached hydrogen (secondary N) is 1. The van der Waals surface area contributed by atoms with Crippen LogP contribution in [0, 0.1) is 28.5 Å². The van der Waals surface area contributed by atoms with Gasteiger partial charge in [-0.25, -0.2) is 4.39 Å². The lowest BCUT2D eigenvalue weighted by molar-refractivity contribution is -0.0500. The minimum absolute atomic E-state index is 0.128. The molecular formula is C10H4BrF3N4O. The summed E-state index contributed by atoms with van der Waals surface area (Å²) in [5.74, 6) is -1.33. The first kappa shape index (κ1) is 14.8. The molecule has 0 fully saturated rings. The minimum atomic E-state index is -3.17. The topological polar surface area (TPSA) is 81.2 Å². The fraction of sp³-hybridized carbons (Fsp3) is 0.100. The molecule has 5 nitrogen and oxygen atoms in total. The largest absolute Gasteiger partial charge is 0.431 e. The molecule has 1 N–H and O–H groups in total. The van der Waals surface area contributed by atoms with E-state index in [4.69, 9.17) is 10.5 Å². The van der Waals surface area contributed by atoms with Gasteiger partial charge >= 0.3 is 6.61 Å². The van der Waals surface area contributed by atoms with Crippen molar-refractivity contribution in [2.45, 2.75) is 6.61 Å². The minimum Gasteiger partial charge on any atom is -0.431 e. The van der Waals surface area contributed by atoms with E-state index in [1.807, 2.05) is 0 Å². The number of benzene rings is 1. The molecule has 0 unspecified atom stereocenters. The molecule has 19 heavy (non-hydrogen) atoms. The lowest BCUT2D eigenvalue weighted by Gasteiger charge is -2.12. The van der Waals surface area contributed by atoms with E-state index in [0.717, 1.165) is 12.1 Å². The molecule has 0 aromatic heterocycles. The number of rotatable bonds is 4. The summed E-state index contributed by atoms with van der Waals surface area (Å²) in [6, 6.07) is 4.97. The molecule has 0 heterocycles. The monoisotopic (exact) mass is 332 g/mol. The number of hydrazone groups is 1. The van der Waals surface area contributed by atoms with Gasteiger partial charge in [0.15, 0.2) is 5.75 Å². The Morgan fingerprint density at radius 2 is 2.00 bits per heavy atom. The highest BCUT2D eigenvalue weighted by Gasteiger charge is 2.17. The van der Waals surface area contributed by atoms with Gasteiger partial charge in [0.2, 0.25) is 5.71 Å². The Hall–Kier alpha value is -2.26. The number of alkyl halides is 2. The Bertz CT molecular complexity index is 576. The SMILES string of the molecule is N#CC(C#N)=NNc1ccc(F)c(Br)c1OC(F)F. The number of ether oxygens (including phenoxy) is 1. The van der Waals surface area contributed by atoms with E-state index in [-0.39, 0.29) is 10.2 Å². The summed E-state index contributed by atoms with van der Waals surface area (Å²) >= 11 is 2.75. The van der Waals surface area contributed by atoms with E-state index >= 15 is 0 Å². The molecular weight excluding hydrogens is 329 g/mol. The average Bonchev–Trinajstić information content (AvgIpc) is 2.38. The summed E-state index contributed by atoms with van der Waals surface area (Å²) < 4.78 is 41.4. The fourth-order valence-corrected chi connectivity index (χ4v) is 1.45. The third-order valence-electron chi connectivity index (χ3n) is 1.76. The normalized spacial score (nSPS) is 9.42. The molecule has 0 aliphatic rings. The van der Waals surface area contributed by atoms with Crippen LogP contribution in [0.1, 0.15) is 0 Å². The van der Waals surface area contributed by atoms with Gasteiger partial charge in [0, 0.05) is 0 Å². The van der Waals surface area contributed by atoms with Crippen LogP contribution < -0.4 is 10.2 Å². The second kappa shape index (κ2) is 6.61. The zero-order chi connectivity index (χ0) is 14.4. The molecule has 0 atom stereocenters. The number of nitriles is 2. The van der Waals surface area contributed by atoms with E-state index < -0.39 is 23.9 Å². The molecule has 1 aromatic carbocycles. The van der Waals surface area contributed by atoms with E-state index in [2.05, 4.69) is 31.2 Å².